The second kappa shape index (κ2) is 15.5. The van der Waals surface area contributed by atoms with Crippen molar-refractivity contribution in [2.75, 3.05) is 0 Å². The molecular weight excluding hydrogens is 741 g/mol. The van der Waals surface area contributed by atoms with Gasteiger partial charge in [-0.15, -0.1) is 0 Å². The van der Waals surface area contributed by atoms with E-state index in [0.29, 0.717) is 5.82 Å². The minimum Gasteiger partial charge on any atom is -0.231 e. The van der Waals surface area contributed by atoms with Crippen molar-refractivity contribution in [1.29, 1.82) is 0 Å². The highest BCUT2D eigenvalue weighted by Gasteiger charge is 2.22. The van der Waals surface area contributed by atoms with Crippen LogP contribution in [0.15, 0.2) is 231 Å². The van der Waals surface area contributed by atoms with E-state index in [1.165, 1.54) is 0 Å². The molecule has 0 amide bonds. The van der Waals surface area contributed by atoms with Crippen molar-refractivity contribution in [3.63, 3.8) is 0 Å². The third kappa shape index (κ3) is 6.86. The lowest BCUT2D eigenvalue weighted by molar-refractivity contribution is 0.979. The largest absolute Gasteiger partial charge is 0.231 e. The Morgan fingerprint density at radius 2 is 0.770 bits per heavy atom. The maximum atomic E-state index is 5.42. The van der Waals surface area contributed by atoms with Gasteiger partial charge in [0.25, 0.3) is 0 Å². The molecule has 0 N–H and O–H groups in total. The molecular formula is C57H38N4. The number of rotatable bonds is 8. The van der Waals surface area contributed by atoms with Crippen molar-refractivity contribution in [1.82, 2.24) is 19.6 Å². The standard InChI is InChI=1S/C57H38N4/c1-6-17-40(18-7-1)51-38-52(59-57(58-51)45-25-14-5-15-26-45)41-31-29-39(30-32-41)46-27-16-28-47(35-46)48-33-34-49-37-53(42-19-8-2-9-20-42)61-56(50(49)36-48)54(43-21-10-3-11-22-43)55(60-61)44-23-12-4-13-24-44/h1-38H. The van der Waals surface area contributed by atoms with Crippen LogP contribution in [-0.2, 0) is 0 Å². The highest BCUT2D eigenvalue weighted by Crippen LogP contribution is 2.42. The molecule has 0 atom stereocenters. The molecule has 11 rings (SSSR count). The van der Waals surface area contributed by atoms with Gasteiger partial charge in [-0.1, -0.05) is 206 Å². The Morgan fingerprint density at radius 1 is 0.311 bits per heavy atom. The molecule has 0 radical (unpaired) electrons. The second-order valence-corrected chi connectivity index (χ2v) is 15.3. The van der Waals surface area contributed by atoms with Crippen molar-refractivity contribution in [3.05, 3.63) is 231 Å². The Balaban J connectivity index is 1.02. The molecule has 0 unspecified atom stereocenters. The fourth-order valence-electron chi connectivity index (χ4n) is 8.39. The van der Waals surface area contributed by atoms with Crippen LogP contribution in [0.5, 0.6) is 0 Å². The summed E-state index contributed by atoms with van der Waals surface area (Å²) in [4.78, 5) is 10.0. The molecule has 4 heteroatoms. The Kier molecular flexibility index (Phi) is 9.14. The van der Waals surface area contributed by atoms with E-state index in [0.717, 1.165) is 100 Å². The summed E-state index contributed by atoms with van der Waals surface area (Å²) in [6, 6.07) is 81.0. The summed E-state index contributed by atoms with van der Waals surface area (Å²) in [5, 5.41) is 7.73. The number of benzene rings is 8. The van der Waals surface area contributed by atoms with Gasteiger partial charge in [0.05, 0.1) is 22.6 Å². The quantitative estimate of drug-likeness (QED) is 0.154. The Hall–Kier alpha value is -8.21. The van der Waals surface area contributed by atoms with E-state index in [2.05, 4.69) is 199 Å². The Bertz CT molecular complexity index is 3250. The first-order chi connectivity index (χ1) is 30.2. The average Bonchev–Trinajstić information content (AvgIpc) is 3.76. The molecule has 0 aliphatic carbocycles. The van der Waals surface area contributed by atoms with Crippen LogP contribution < -0.4 is 0 Å². The molecule has 0 aliphatic rings. The zero-order valence-electron chi connectivity index (χ0n) is 33.2. The van der Waals surface area contributed by atoms with Crippen molar-refractivity contribution in [3.8, 4) is 89.8 Å². The molecule has 8 aromatic carbocycles. The van der Waals surface area contributed by atoms with Gasteiger partial charge < -0.3 is 0 Å². The summed E-state index contributed by atoms with van der Waals surface area (Å²) in [7, 11) is 0. The lowest BCUT2D eigenvalue weighted by atomic mass is 9.94. The minimum absolute atomic E-state index is 0.709. The van der Waals surface area contributed by atoms with E-state index in [9.17, 15) is 0 Å². The van der Waals surface area contributed by atoms with Crippen LogP contribution in [-0.4, -0.2) is 19.6 Å². The predicted molar refractivity (Wildman–Crippen MR) is 252 cm³/mol. The number of hydrogen-bond acceptors (Lipinski definition) is 3. The lowest BCUT2D eigenvalue weighted by Crippen LogP contribution is -1.96. The maximum absolute atomic E-state index is 5.42. The van der Waals surface area contributed by atoms with E-state index in [-0.39, 0.29) is 0 Å². The average molecular weight is 779 g/mol. The summed E-state index contributed by atoms with van der Waals surface area (Å²) in [6.45, 7) is 0. The zero-order valence-corrected chi connectivity index (χ0v) is 33.2. The normalized spacial score (nSPS) is 11.3. The summed E-state index contributed by atoms with van der Waals surface area (Å²) < 4.78 is 2.16. The van der Waals surface area contributed by atoms with Crippen LogP contribution in [0.1, 0.15) is 0 Å². The molecule has 61 heavy (non-hydrogen) atoms. The van der Waals surface area contributed by atoms with E-state index in [1.54, 1.807) is 0 Å². The number of hydrogen-bond donors (Lipinski definition) is 0. The van der Waals surface area contributed by atoms with E-state index in [1.807, 2.05) is 36.4 Å². The smallest absolute Gasteiger partial charge is 0.160 e. The number of fused-ring (bicyclic) bond motifs is 3. The number of nitrogens with zero attached hydrogens (tertiary/aromatic N) is 4. The van der Waals surface area contributed by atoms with E-state index < -0.39 is 0 Å². The van der Waals surface area contributed by atoms with E-state index >= 15 is 0 Å². The Labute approximate surface area is 354 Å². The third-order valence-corrected chi connectivity index (χ3v) is 11.4. The highest BCUT2D eigenvalue weighted by molar-refractivity contribution is 6.09. The molecule has 11 aromatic rings. The molecule has 0 saturated carbocycles. The fourth-order valence-corrected chi connectivity index (χ4v) is 8.39. The van der Waals surface area contributed by atoms with Crippen LogP contribution >= 0.6 is 0 Å². The summed E-state index contributed by atoms with van der Waals surface area (Å²) in [5.41, 5.74) is 17.0. The van der Waals surface area contributed by atoms with Gasteiger partial charge in [-0.05, 0) is 57.5 Å². The van der Waals surface area contributed by atoms with Gasteiger partial charge in [0.1, 0.15) is 5.69 Å². The highest BCUT2D eigenvalue weighted by atomic mass is 15.2. The topological polar surface area (TPSA) is 43.1 Å². The molecule has 0 bridgehead atoms. The molecule has 0 fully saturated rings. The summed E-state index contributed by atoms with van der Waals surface area (Å²) in [6.07, 6.45) is 0. The molecule has 0 spiro atoms. The van der Waals surface area contributed by atoms with E-state index in [4.69, 9.17) is 15.1 Å². The molecule has 286 valence electrons. The van der Waals surface area contributed by atoms with Crippen LogP contribution in [0, 0.1) is 0 Å². The molecule has 3 heterocycles. The van der Waals surface area contributed by atoms with Gasteiger partial charge in [0.15, 0.2) is 5.82 Å². The fraction of sp³-hybridized carbons (Fsp3) is 0. The first kappa shape index (κ1) is 35.9. The number of aromatic nitrogens is 4. The monoisotopic (exact) mass is 778 g/mol. The maximum Gasteiger partial charge on any atom is 0.160 e. The van der Waals surface area contributed by atoms with Crippen LogP contribution in [0.3, 0.4) is 0 Å². The SMILES string of the molecule is c1ccc(-c2cc(-c3ccc(-c4cccc(-c5ccc6cc(-c7ccccc7)n7nc(-c8ccccc8)c(-c8ccccc8)c7c6c5)c4)cc3)nc(-c3ccccc3)n2)cc1. The number of pyridine rings is 1. The van der Waals surface area contributed by atoms with Gasteiger partial charge in [-0.3, -0.25) is 0 Å². The van der Waals surface area contributed by atoms with Gasteiger partial charge in [-0.25, -0.2) is 14.5 Å². The first-order valence-corrected chi connectivity index (χ1v) is 20.6. The lowest BCUT2D eigenvalue weighted by Gasteiger charge is -2.13. The molecule has 0 aliphatic heterocycles. The predicted octanol–water partition coefficient (Wildman–Crippen LogP) is 14.6. The van der Waals surface area contributed by atoms with Crippen LogP contribution in [0.25, 0.3) is 106 Å². The molecule has 4 nitrogen and oxygen atoms in total. The van der Waals surface area contributed by atoms with Crippen molar-refractivity contribution in [2.45, 2.75) is 0 Å². The van der Waals surface area contributed by atoms with Crippen LogP contribution in [0.4, 0.5) is 0 Å². The summed E-state index contributed by atoms with van der Waals surface area (Å²) in [5.74, 6) is 0.709. The van der Waals surface area contributed by atoms with Crippen molar-refractivity contribution < 1.29 is 0 Å². The van der Waals surface area contributed by atoms with Gasteiger partial charge in [0, 0.05) is 38.8 Å². The van der Waals surface area contributed by atoms with Gasteiger partial charge in [-0.2, -0.15) is 5.10 Å². The zero-order chi connectivity index (χ0) is 40.5. The first-order valence-electron chi connectivity index (χ1n) is 20.6. The van der Waals surface area contributed by atoms with Crippen molar-refractivity contribution in [2.24, 2.45) is 0 Å². The third-order valence-electron chi connectivity index (χ3n) is 11.4. The minimum atomic E-state index is 0.709. The van der Waals surface area contributed by atoms with Gasteiger partial charge in [0.2, 0.25) is 0 Å². The Morgan fingerprint density at radius 3 is 1.39 bits per heavy atom. The molecule has 3 aromatic heterocycles. The van der Waals surface area contributed by atoms with Gasteiger partial charge >= 0.3 is 0 Å². The summed E-state index contributed by atoms with van der Waals surface area (Å²) >= 11 is 0. The van der Waals surface area contributed by atoms with Crippen molar-refractivity contribution >= 4 is 16.3 Å². The van der Waals surface area contributed by atoms with Crippen LogP contribution in [0.2, 0.25) is 0 Å². The second-order valence-electron chi connectivity index (χ2n) is 15.3. The molecule has 0 saturated heterocycles.